The van der Waals surface area contributed by atoms with Gasteiger partial charge in [0.25, 0.3) is 5.91 Å². The van der Waals surface area contributed by atoms with Crippen LogP contribution in [-0.2, 0) is 16.0 Å². The molecule has 5 nitrogen and oxygen atoms in total. The summed E-state index contributed by atoms with van der Waals surface area (Å²) >= 11 is 0. The summed E-state index contributed by atoms with van der Waals surface area (Å²) in [6, 6.07) is 11.9. The Morgan fingerprint density at radius 1 is 1.15 bits per heavy atom. The SMILES string of the molecule is CCCNC(=O)[C@H](CC)Oc1ccc2c(c1)[C@H](c1ccc(F)cc1)N(C(=O)CC(C)C)CC2. The number of carbonyl (C=O) groups is 2. The summed E-state index contributed by atoms with van der Waals surface area (Å²) in [5, 5.41) is 2.89. The first-order chi connectivity index (χ1) is 15.8. The Bertz CT molecular complexity index is 958. The average molecular weight is 455 g/mol. The third-order valence-corrected chi connectivity index (χ3v) is 5.93. The number of nitrogens with zero attached hydrogens (tertiary/aromatic N) is 1. The van der Waals surface area contributed by atoms with Gasteiger partial charge in [-0.1, -0.05) is 45.9 Å². The Morgan fingerprint density at radius 3 is 2.52 bits per heavy atom. The fraction of sp³-hybridized carbons (Fsp3) is 0.481. The van der Waals surface area contributed by atoms with Crippen LogP contribution < -0.4 is 10.1 Å². The van der Waals surface area contributed by atoms with Crippen LogP contribution in [0.2, 0.25) is 0 Å². The molecule has 0 bridgehead atoms. The molecule has 0 saturated carbocycles. The van der Waals surface area contributed by atoms with Crippen molar-refractivity contribution in [3.05, 3.63) is 65.0 Å². The molecular weight excluding hydrogens is 419 g/mol. The van der Waals surface area contributed by atoms with Gasteiger partial charge >= 0.3 is 0 Å². The van der Waals surface area contributed by atoms with E-state index in [9.17, 15) is 14.0 Å². The summed E-state index contributed by atoms with van der Waals surface area (Å²) in [6.45, 7) is 9.21. The molecule has 0 fully saturated rings. The number of ether oxygens (including phenoxy) is 1. The van der Waals surface area contributed by atoms with Gasteiger partial charge in [0.1, 0.15) is 11.6 Å². The quantitative estimate of drug-likeness (QED) is 0.578. The van der Waals surface area contributed by atoms with Crippen LogP contribution in [0.1, 0.15) is 69.7 Å². The van der Waals surface area contributed by atoms with Crippen molar-refractivity contribution in [1.82, 2.24) is 10.2 Å². The molecule has 6 heteroatoms. The van der Waals surface area contributed by atoms with E-state index in [-0.39, 0.29) is 29.6 Å². The highest BCUT2D eigenvalue weighted by molar-refractivity contribution is 5.81. The van der Waals surface area contributed by atoms with E-state index in [2.05, 4.69) is 5.32 Å². The minimum absolute atomic E-state index is 0.0849. The smallest absolute Gasteiger partial charge is 0.261 e. The molecule has 0 unspecified atom stereocenters. The summed E-state index contributed by atoms with van der Waals surface area (Å²) in [7, 11) is 0. The molecule has 0 aromatic heterocycles. The molecule has 0 spiro atoms. The third kappa shape index (κ3) is 6.12. The maximum absolute atomic E-state index is 13.6. The van der Waals surface area contributed by atoms with Crippen molar-refractivity contribution in [2.24, 2.45) is 5.92 Å². The first-order valence-corrected chi connectivity index (χ1v) is 12.0. The van der Waals surface area contributed by atoms with Crippen LogP contribution in [-0.4, -0.2) is 35.9 Å². The van der Waals surface area contributed by atoms with E-state index >= 15 is 0 Å². The second kappa shape index (κ2) is 11.3. The van der Waals surface area contributed by atoms with Crippen LogP contribution in [0.15, 0.2) is 42.5 Å². The highest BCUT2D eigenvalue weighted by Gasteiger charge is 2.33. The number of fused-ring (bicyclic) bond motifs is 1. The molecule has 0 saturated heterocycles. The Morgan fingerprint density at radius 2 is 1.88 bits per heavy atom. The Balaban J connectivity index is 1.96. The molecule has 2 aromatic carbocycles. The van der Waals surface area contributed by atoms with Crippen LogP contribution in [0.3, 0.4) is 0 Å². The van der Waals surface area contributed by atoms with Crippen LogP contribution in [0.25, 0.3) is 0 Å². The zero-order valence-corrected chi connectivity index (χ0v) is 20.1. The largest absolute Gasteiger partial charge is 0.481 e. The maximum atomic E-state index is 13.6. The number of benzene rings is 2. The van der Waals surface area contributed by atoms with Gasteiger partial charge in [-0.2, -0.15) is 0 Å². The fourth-order valence-corrected chi connectivity index (χ4v) is 4.25. The summed E-state index contributed by atoms with van der Waals surface area (Å²) in [4.78, 5) is 27.5. The van der Waals surface area contributed by atoms with Crippen molar-refractivity contribution in [3.63, 3.8) is 0 Å². The lowest BCUT2D eigenvalue weighted by molar-refractivity contribution is -0.134. The topological polar surface area (TPSA) is 58.6 Å². The van der Waals surface area contributed by atoms with Gasteiger partial charge in [-0.3, -0.25) is 9.59 Å². The predicted molar refractivity (Wildman–Crippen MR) is 128 cm³/mol. The molecule has 2 amide bonds. The van der Waals surface area contributed by atoms with Crippen LogP contribution in [0.5, 0.6) is 5.75 Å². The van der Waals surface area contributed by atoms with Crippen molar-refractivity contribution in [1.29, 1.82) is 0 Å². The highest BCUT2D eigenvalue weighted by Crippen LogP contribution is 2.38. The molecule has 1 aliphatic rings. The molecule has 0 aliphatic carbocycles. The van der Waals surface area contributed by atoms with E-state index in [0.29, 0.717) is 31.7 Å². The summed E-state index contributed by atoms with van der Waals surface area (Å²) in [5.74, 6) is 0.491. The van der Waals surface area contributed by atoms with Gasteiger partial charge in [-0.05, 0) is 66.1 Å². The van der Waals surface area contributed by atoms with E-state index in [0.717, 1.165) is 29.5 Å². The van der Waals surface area contributed by atoms with Gasteiger partial charge in [0, 0.05) is 19.5 Å². The number of halogens is 1. The molecule has 2 aromatic rings. The van der Waals surface area contributed by atoms with Gasteiger partial charge in [0.15, 0.2) is 6.10 Å². The summed E-state index contributed by atoms with van der Waals surface area (Å²) in [5.41, 5.74) is 2.96. The van der Waals surface area contributed by atoms with Crippen molar-refractivity contribution in [2.75, 3.05) is 13.1 Å². The number of rotatable bonds is 9. The van der Waals surface area contributed by atoms with Gasteiger partial charge in [0.05, 0.1) is 6.04 Å². The van der Waals surface area contributed by atoms with Gasteiger partial charge in [-0.15, -0.1) is 0 Å². The van der Waals surface area contributed by atoms with Crippen LogP contribution in [0, 0.1) is 11.7 Å². The molecule has 178 valence electrons. The van der Waals surface area contributed by atoms with Gasteiger partial charge in [-0.25, -0.2) is 4.39 Å². The molecule has 1 N–H and O–H groups in total. The van der Waals surface area contributed by atoms with Crippen molar-refractivity contribution in [2.45, 2.75) is 65.5 Å². The van der Waals surface area contributed by atoms with Crippen molar-refractivity contribution in [3.8, 4) is 5.75 Å². The minimum Gasteiger partial charge on any atom is -0.481 e. The number of hydrogen-bond donors (Lipinski definition) is 1. The second-order valence-corrected chi connectivity index (χ2v) is 9.06. The van der Waals surface area contributed by atoms with Crippen LogP contribution in [0.4, 0.5) is 4.39 Å². The molecule has 0 radical (unpaired) electrons. The van der Waals surface area contributed by atoms with E-state index in [1.165, 1.54) is 12.1 Å². The predicted octanol–water partition coefficient (Wildman–Crippen LogP) is 5.03. The molecular formula is C27H35FN2O3. The van der Waals surface area contributed by atoms with E-state index in [1.54, 1.807) is 12.1 Å². The Hall–Kier alpha value is -2.89. The Labute approximate surface area is 196 Å². The molecule has 2 atom stereocenters. The first kappa shape index (κ1) is 24.7. The standard InChI is InChI=1S/C27H35FN2O3/c1-5-14-29-27(32)24(6-2)33-22-12-9-19-13-15-30(25(31)16-18(3)4)26(23(19)17-22)20-7-10-21(28)11-8-20/h7-12,17-18,24,26H,5-6,13-16H2,1-4H3,(H,29,32)/t24-,26-/m0/s1. The van der Waals surface area contributed by atoms with Gasteiger partial charge in [0.2, 0.25) is 5.91 Å². The number of amides is 2. The number of nitrogens with one attached hydrogen (secondary N) is 1. The molecule has 1 heterocycles. The lowest BCUT2D eigenvalue weighted by Crippen LogP contribution is -2.41. The minimum atomic E-state index is -0.582. The van der Waals surface area contributed by atoms with E-state index < -0.39 is 6.10 Å². The van der Waals surface area contributed by atoms with Crippen molar-refractivity contribution < 1.29 is 18.7 Å². The monoisotopic (exact) mass is 454 g/mol. The highest BCUT2D eigenvalue weighted by atomic mass is 19.1. The maximum Gasteiger partial charge on any atom is 0.261 e. The average Bonchev–Trinajstić information content (AvgIpc) is 2.80. The molecule has 33 heavy (non-hydrogen) atoms. The molecule has 3 rings (SSSR count). The van der Waals surface area contributed by atoms with Gasteiger partial charge < -0.3 is 15.0 Å². The lowest BCUT2D eigenvalue weighted by atomic mass is 9.87. The van der Waals surface area contributed by atoms with E-state index in [1.807, 2.05) is 50.8 Å². The fourth-order valence-electron chi connectivity index (χ4n) is 4.25. The zero-order chi connectivity index (χ0) is 24.0. The zero-order valence-electron chi connectivity index (χ0n) is 20.1. The first-order valence-electron chi connectivity index (χ1n) is 12.0. The van der Waals surface area contributed by atoms with Crippen molar-refractivity contribution >= 4 is 11.8 Å². The van der Waals surface area contributed by atoms with Crippen LogP contribution >= 0.6 is 0 Å². The molecule has 1 aliphatic heterocycles. The lowest BCUT2D eigenvalue weighted by Gasteiger charge is -2.38. The second-order valence-electron chi connectivity index (χ2n) is 9.06. The number of hydrogen-bond acceptors (Lipinski definition) is 3. The normalized spacial score (nSPS) is 16.3. The Kier molecular flexibility index (Phi) is 8.48. The third-order valence-electron chi connectivity index (χ3n) is 5.93. The number of carbonyl (C=O) groups excluding carboxylic acids is 2. The summed E-state index contributed by atoms with van der Waals surface area (Å²) < 4.78 is 19.7. The summed E-state index contributed by atoms with van der Waals surface area (Å²) in [6.07, 6.45) is 2.03. The van der Waals surface area contributed by atoms with E-state index in [4.69, 9.17) is 4.74 Å².